The van der Waals surface area contributed by atoms with E-state index < -0.39 is 0 Å². The minimum Gasteiger partial charge on any atom is -0.397 e. The molecule has 2 aromatic rings. The number of fused-ring (bicyclic) bond motifs is 1. The zero-order valence-electron chi connectivity index (χ0n) is 11.5. The number of hydrogen-bond donors (Lipinski definition) is 1. The average molecular weight is 363 g/mol. The molecule has 1 aliphatic heterocycles. The van der Waals surface area contributed by atoms with Crippen LogP contribution in [0.3, 0.4) is 0 Å². The molecule has 0 saturated carbocycles. The monoisotopic (exact) mass is 362 g/mol. The van der Waals surface area contributed by atoms with Crippen LogP contribution in [0.2, 0.25) is 0 Å². The molecule has 0 saturated heterocycles. The van der Waals surface area contributed by atoms with Crippen molar-refractivity contribution in [3.8, 4) is 0 Å². The van der Waals surface area contributed by atoms with Crippen LogP contribution < -0.4 is 10.6 Å². The molecule has 1 atom stereocenters. The summed E-state index contributed by atoms with van der Waals surface area (Å²) in [5.41, 5.74) is 8.49. The third kappa shape index (κ3) is 2.68. The van der Waals surface area contributed by atoms with Gasteiger partial charge in [-0.3, -0.25) is 4.79 Å². The van der Waals surface area contributed by atoms with Gasteiger partial charge in [-0.1, -0.05) is 34.1 Å². The number of carbonyl (C=O) groups excluding carboxylic acids is 1. The smallest absolute Gasteiger partial charge is 0.235 e. The molecular weight excluding hydrogens is 348 g/mol. The normalized spacial score (nSPS) is 16.6. The number of amides is 1. The van der Waals surface area contributed by atoms with Gasteiger partial charge in [-0.25, -0.2) is 0 Å². The number of nitrogens with zero attached hydrogens (tertiary/aromatic N) is 1. The molecule has 1 heterocycles. The fourth-order valence-electron chi connectivity index (χ4n) is 2.55. The molecular formula is C16H15BrN2OS. The Morgan fingerprint density at radius 2 is 2.10 bits per heavy atom. The third-order valence-electron chi connectivity index (χ3n) is 3.68. The number of thioether (sulfide) groups is 1. The minimum atomic E-state index is -0.0979. The molecule has 3 nitrogen and oxygen atoms in total. The molecule has 2 N–H and O–H groups in total. The van der Waals surface area contributed by atoms with Crippen LogP contribution in [0.4, 0.5) is 11.4 Å². The fourth-order valence-corrected chi connectivity index (χ4v) is 4.15. The zero-order valence-corrected chi connectivity index (χ0v) is 13.9. The number of carbonyl (C=O) groups is 1. The van der Waals surface area contributed by atoms with Crippen molar-refractivity contribution < 1.29 is 4.79 Å². The number of anilines is 2. The molecule has 3 rings (SSSR count). The molecule has 0 aromatic heterocycles. The Bertz CT molecular complexity index is 704. The van der Waals surface area contributed by atoms with Crippen molar-refractivity contribution in [2.45, 2.75) is 10.8 Å². The third-order valence-corrected chi connectivity index (χ3v) is 5.36. The Morgan fingerprint density at radius 3 is 2.86 bits per heavy atom. The van der Waals surface area contributed by atoms with Crippen molar-refractivity contribution in [2.24, 2.45) is 0 Å². The van der Waals surface area contributed by atoms with E-state index in [2.05, 4.69) is 22.0 Å². The van der Waals surface area contributed by atoms with E-state index in [0.29, 0.717) is 5.69 Å². The molecule has 1 unspecified atom stereocenters. The molecule has 0 bridgehead atoms. The van der Waals surface area contributed by atoms with Crippen LogP contribution in [-0.2, 0) is 4.79 Å². The molecule has 1 amide bonds. The van der Waals surface area contributed by atoms with Gasteiger partial charge in [-0.15, -0.1) is 11.8 Å². The van der Waals surface area contributed by atoms with Crippen LogP contribution in [0, 0.1) is 0 Å². The lowest BCUT2D eigenvalue weighted by atomic mass is 9.99. The summed E-state index contributed by atoms with van der Waals surface area (Å²) >= 11 is 5.12. The molecule has 0 fully saturated rings. The van der Waals surface area contributed by atoms with Crippen LogP contribution in [0.25, 0.3) is 0 Å². The maximum Gasteiger partial charge on any atom is 0.235 e. The van der Waals surface area contributed by atoms with Crippen molar-refractivity contribution in [3.63, 3.8) is 0 Å². The van der Waals surface area contributed by atoms with Crippen LogP contribution in [0.1, 0.15) is 11.5 Å². The summed E-state index contributed by atoms with van der Waals surface area (Å²) in [6.45, 7) is 0. The number of benzene rings is 2. The van der Waals surface area contributed by atoms with E-state index in [4.69, 9.17) is 5.73 Å². The number of halogens is 1. The Kier molecular flexibility index (Phi) is 3.95. The summed E-state index contributed by atoms with van der Waals surface area (Å²) in [6, 6.07) is 13.7. The lowest BCUT2D eigenvalue weighted by molar-refractivity contribution is -0.119. The van der Waals surface area contributed by atoms with E-state index in [0.717, 1.165) is 21.5 Å². The van der Waals surface area contributed by atoms with Crippen molar-refractivity contribution in [1.29, 1.82) is 0 Å². The van der Waals surface area contributed by atoms with Gasteiger partial charge in [0.05, 0.1) is 17.3 Å². The van der Waals surface area contributed by atoms with Crippen molar-refractivity contribution >= 4 is 45.0 Å². The van der Waals surface area contributed by atoms with Crippen LogP contribution in [0.5, 0.6) is 0 Å². The van der Waals surface area contributed by atoms with Gasteiger partial charge in [0.25, 0.3) is 0 Å². The molecule has 108 valence electrons. The number of nitrogen functional groups attached to an aromatic ring is 1. The summed E-state index contributed by atoms with van der Waals surface area (Å²) in [6.07, 6.45) is 0. The number of nitrogens with two attached hydrogens (primary N) is 1. The molecule has 0 spiro atoms. The summed E-state index contributed by atoms with van der Waals surface area (Å²) in [4.78, 5) is 15.7. The van der Waals surface area contributed by atoms with E-state index in [1.165, 1.54) is 4.90 Å². The molecule has 21 heavy (non-hydrogen) atoms. The SMILES string of the molecule is CN(C(=O)C1CSc2ccccc21)c1ccc(Br)cc1N. The Balaban J connectivity index is 1.89. The van der Waals surface area contributed by atoms with Gasteiger partial charge < -0.3 is 10.6 Å². The molecule has 0 aliphatic carbocycles. The van der Waals surface area contributed by atoms with Gasteiger partial charge in [0.2, 0.25) is 5.91 Å². The highest BCUT2D eigenvalue weighted by Gasteiger charge is 2.31. The first kappa shape index (κ1) is 14.5. The summed E-state index contributed by atoms with van der Waals surface area (Å²) < 4.78 is 0.909. The van der Waals surface area contributed by atoms with Crippen molar-refractivity contribution in [1.82, 2.24) is 0 Å². The van der Waals surface area contributed by atoms with Gasteiger partial charge in [0.1, 0.15) is 0 Å². The predicted molar refractivity (Wildman–Crippen MR) is 91.9 cm³/mol. The van der Waals surface area contributed by atoms with E-state index in [1.807, 2.05) is 36.4 Å². The van der Waals surface area contributed by atoms with Crippen LogP contribution in [0.15, 0.2) is 51.8 Å². The lowest BCUT2D eigenvalue weighted by Gasteiger charge is -2.23. The minimum absolute atomic E-state index is 0.0847. The number of hydrogen-bond acceptors (Lipinski definition) is 3. The van der Waals surface area contributed by atoms with E-state index >= 15 is 0 Å². The fraction of sp³-hybridized carbons (Fsp3) is 0.188. The van der Waals surface area contributed by atoms with E-state index in [9.17, 15) is 4.79 Å². The molecule has 0 radical (unpaired) electrons. The standard InChI is InChI=1S/C16H15BrN2OS/c1-19(14-7-6-10(17)8-13(14)18)16(20)12-9-21-15-5-3-2-4-11(12)15/h2-8,12H,9,18H2,1H3. The van der Waals surface area contributed by atoms with Crippen molar-refractivity contribution in [2.75, 3.05) is 23.4 Å². The first-order valence-corrected chi connectivity index (χ1v) is 8.40. The highest BCUT2D eigenvalue weighted by Crippen LogP contribution is 2.41. The molecule has 2 aromatic carbocycles. The van der Waals surface area contributed by atoms with Gasteiger partial charge in [-0.05, 0) is 29.8 Å². The van der Waals surface area contributed by atoms with E-state index in [-0.39, 0.29) is 11.8 Å². The molecule has 1 aliphatic rings. The second kappa shape index (κ2) is 5.73. The van der Waals surface area contributed by atoms with Crippen LogP contribution in [-0.4, -0.2) is 18.7 Å². The highest BCUT2D eigenvalue weighted by atomic mass is 79.9. The summed E-state index contributed by atoms with van der Waals surface area (Å²) in [5.74, 6) is 0.777. The zero-order chi connectivity index (χ0) is 15.0. The summed E-state index contributed by atoms with van der Waals surface area (Å²) in [5, 5.41) is 0. The van der Waals surface area contributed by atoms with Crippen molar-refractivity contribution in [3.05, 3.63) is 52.5 Å². The van der Waals surface area contributed by atoms with Gasteiger partial charge in [0, 0.05) is 22.2 Å². The Labute approximate surface area is 136 Å². The lowest BCUT2D eigenvalue weighted by Crippen LogP contribution is -2.32. The number of likely N-dealkylation sites (N-methyl/N-ethyl adjacent to an activating group) is 1. The predicted octanol–water partition coefficient (Wildman–Crippen LogP) is 3.88. The second-order valence-electron chi connectivity index (χ2n) is 5.00. The Hall–Kier alpha value is -1.46. The van der Waals surface area contributed by atoms with Gasteiger partial charge >= 0.3 is 0 Å². The van der Waals surface area contributed by atoms with Crippen LogP contribution >= 0.6 is 27.7 Å². The van der Waals surface area contributed by atoms with E-state index in [1.54, 1.807) is 23.7 Å². The highest BCUT2D eigenvalue weighted by molar-refractivity contribution is 9.10. The maximum absolute atomic E-state index is 12.8. The summed E-state index contributed by atoms with van der Waals surface area (Å²) in [7, 11) is 1.79. The average Bonchev–Trinajstić information content (AvgIpc) is 2.90. The maximum atomic E-state index is 12.8. The quantitative estimate of drug-likeness (QED) is 0.824. The second-order valence-corrected chi connectivity index (χ2v) is 6.98. The number of rotatable bonds is 2. The largest absolute Gasteiger partial charge is 0.397 e. The topological polar surface area (TPSA) is 46.3 Å². The first-order valence-electron chi connectivity index (χ1n) is 6.62. The molecule has 5 heteroatoms. The first-order chi connectivity index (χ1) is 10.1. The van der Waals surface area contributed by atoms with Gasteiger partial charge in [-0.2, -0.15) is 0 Å². The van der Waals surface area contributed by atoms with Gasteiger partial charge in [0.15, 0.2) is 0 Å². The Morgan fingerprint density at radius 1 is 1.33 bits per heavy atom.